The van der Waals surface area contributed by atoms with Crippen LogP contribution in [-0.2, 0) is 4.79 Å². The van der Waals surface area contributed by atoms with E-state index in [1.807, 2.05) is 24.3 Å². The fourth-order valence-electron chi connectivity index (χ4n) is 1.24. The topological polar surface area (TPSA) is 76.4 Å². The molecule has 0 unspecified atom stereocenters. The summed E-state index contributed by atoms with van der Waals surface area (Å²) in [6, 6.07) is 7.44. The van der Waals surface area contributed by atoms with Crippen LogP contribution in [0.2, 0.25) is 0 Å². The number of carbonyl (C=O) groups is 1. The van der Waals surface area contributed by atoms with E-state index in [2.05, 4.69) is 10.6 Å². The molecule has 0 saturated carbocycles. The van der Waals surface area contributed by atoms with Gasteiger partial charge < -0.3 is 21.1 Å². The van der Waals surface area contributed by atoms with Crippen molar-refractivity contribution in [3.8, 4) is 5.75 Å². The smallest absolute Gasteiger partial charge is 0.239 e. The van der Waals surface area contributed by atoms with Crippen LogP contribution in [0.15, 0.2) is 24.3 Å². The minimum Gasteiger partial charge on any atom is -0.495 e. The van der Waals surface area contributed by atoms with Gasteiger partial charge in [-0.15, -0.1) is 24.8 Å². The summed E-state index contributed by atoms with van der Waals surface area (Å²) in [6.45, 7) is 1.15. The lowest BCUT2D eigenvalue weighted by molar-refractivity contribution is -0.119. The van der Waals surface area contributed by atoms with Gasteiger partial charge in [0.25, 0.3) is 0 Å². The van der Waals surface area contributed by atoms with E-state index in [9.17, 15) is 4.79 Å². The number of benzene rings is 1. The van der Waals surface area contributed by atoms with Gasteiger partial charge in [0.15, 0.2) is 0 Å². The van der Waals surface area contributed by atoms with E-state index < -0.39 is 0 Å². The second-order valence-corrected chi connectivity index (χ2v) is 3.19. The first-order valence-corrected chi connectivity index (χ1v) is 5.11. The molecular formula is C11H19Cl2N3O2. The number of rotatable bonds is 6. The monoisotopic (exact) mass is 295 g/mol. The zero-order valence-electron chi connectivity index (χ0n) is 10.1. The van der Waals surface area contributed by atoms with Gasteiger partial charge in [-0.2, -0.15) is 0 Å². The quantitative estimate of drug-likeness (QED) is 0.733. The lowest BCUT2D eigenvalue weighted by Gasteiger charge is -2.10. The van der Waals surface area contributed by atoms with Crippen molar-refractivity contribution in [3.05, 3.63) is 24.3 Å². The predicted octanol–water partition coefficient (Wildman–Crippen LogP) is 1.03. The Morgan fingerprint density at radius 3 is 2.61 bits per heavy atom. The molecular weight excluding hydrogens is 277 g/mol. The third-order valence-electron chi connectivity index (χ3n) is 2.01. The minimum absolute atomic E-state index is 0. The average molecular weight is 296 g/mol. The number of hydrogen-bond acceptors (Lipinski definition) is 4. The number of methoxy groups -OCH3 is 1. The second kappa shape index (κ2) is 11.0. The van der Waals surface area contributed by atoms with Crippen LogP contribution >= 0.6 is 24.8 Å². The second-order valence-electron chi connectivity index (χ2n) is 3.19. The molecule has 4 N–H and O–H groups in total. The Balaban J connectivity index is 0. The Labute approximate surface area is 119 Å². The van der Waals surface area contributed by atoms with Crippen LogP contribution in [-0.4, -0.2) is 32.7 Å². The third kappa shape index (κ3) is 6.54. The van der Waals surface area contributed by atoms with Gasteiger partial charge in [0.05, 0.1) is 19.3 Å². The number of hydrogen-bond donors (Lipinski definition) is 3. The molecule has 7 heteroatoms. The van der Waals surface area contributed by atoms with Crippen LogP contribution in [0.4, 0.5) is 5.69 Å². The van der Waals surface area contributed by atoms with Crippen molar-refractivity contribution in [3.63, 3.8) is 0 Å². The van der Waals surface area contributed by atoms with Gasteiger partial charge in [-0.05, 0) is 12.1 Å². The lowest BCUT2D eigenvalue weighted by atomic mass is 10.3. The molecule has 0 aliphatic carbocycles. The summed E-state index contributed by atoms with van der Waals surface area (Å²) in [5.41, 5.74) is 6.07. The van der Waals surface area contributed by atoms with E-state index in [-0.39, 0.29) is 37.3 Å². The Morgan fingerprint density at radius 1 is 1.33 bits per heavy atom. The highest BCUT2D eigenvalue weighted by molar-refractivity contribution is 5.85. The van der Waals surface area contributed by atoms with Crippen molar-refractivity contribution in [1.82, 2.24) is 5.32 Å². The Bertz CT molecular complexity index is 351. The molecule has 0 aliphatic rings. The van der Waals surface area contributed by atoms with Gasteiger partial charge in [0.2, 0.25) is 5.91 Å². The molecule has 104 valence electrons. The first-order chi connectivity index (χ1) is 7.77. The molecule has 0 atom stereocenters. The number of carbonyl (C=O) groups excluding carboxylic acids is 1. The summed E-state index contributed by atoms with van der Waals surface area (Å²) in [5.74, 6) is 0.630. The zero-order chi connectivity index (χ0) is 11.8. The van der Waals surface area contributed by atoms with E-state index in [1.165, 1.54) is 0 Å². The molecule has 18 heavy (non-hydrogen) atoms. The van der Waals surface area contributed by atoms with Crippen LogP contribution in [0, 0.1) is 0 Å². The summed E-state index contributed by atoms with van der Waals surface area (Å²) < 4.78 is 5.14. The SMILES string of the molecule is COc1ccccc1NCC(=O)NCCN.Cl.Cl. The zero-order valence-corrected chi connectivity index (χ0v) is 11.8. The van der Waals surface area contributed by atoms with Gasteiger partial charge in [-0.3, -0.25) is 4.79 Å². The Morgan fingerprint density at radius 2 is 2.00 bits per heavy atom. The third-order valence-corrected chi connectivity index (χ3v) is 2.01. The molecule has 0 radical (unpaired) electrons. The van der Waals surface area contributed by atoms with Crippen molar-refractivity contribution in [2.75, 3.05) is 32.1 Å². The van der Waals surface area contributed by atoms with E-state index in [0.29, 0.717) is 18.8 Å². The number of ether oxygens (including phenoxy) is 1. The number of amides is 1. The molecule has 1 rings (SSSR count). The van der Waals surface area contributed by atoms with Crippen molar-refractivity contribution in [2.45, 2.75) is 0 Å². The molecule has 5 nitrogen and oxygen atoms in total. The van der Waals surface area contributed by atoms with Crippen molar-refractivity contribution in [1.29, 1.82) is 0 Å². The van der Waals surface area contributed by atoms with E-state index in [0.717, 1.165) is 5.69 Å². The number of halogens is 2. The number of para-hydroxylation sites is 2. The normalized spacial score (nSPS) is 8.56. The predicted molar refractivity (Wildman–Crippen MR) is 78.0 cm³/mol. The van der Waals surface area contributed by atoms with Gasteiger partial charge in [-0.25, -0.2) is 0 Å². The fourth-order valence-corrected chi connectivity index (χ4v) is 1.24. The summed E-state index contributed by atoms with van der Waals surface area (Å²) in [6.07, 6.45) is 0. The van der Waals surface area contributed by atoms with Gasteiger partial charge >= 0.3 is 0 Å². The number of anilines is 1. The Kier molecular flexibility index (Phi) is 11.7. The summed E-state index contributed by atoms with van der Waals surface area (Å²) in [4.78, 5) is 11.3. The van der Waals surface area contributed by atoms with Gasteiger partial charge in [0, 0.05) is 13.1 Å². The average Bonchev–Trinajstić information content (AvgIpc) is 2.34. The molecule has 0 spiro atoms. The highest BCUT2D eigenvalue weighted by atomic mass is 35.5. The highest BCUT2D eigenvalue weighted by Gasteiger charge is 2.03. The molecule has 0 aliphatic heterocycles. The van der Waals surface area contributed by atoms with Crippen LogP contribution in [0.3, 0.4) is 0 Å². The van der Waals surface area contributed by atoms with Crippen molar-refractivity contribution >= 4 is 36.4 Å². The van der Waals surface area contributed by atoms with E-state index >= 15 is 0 Å². The maximum absolute atomic E-state index is 11.3. The van der Waals surface area contributed by atoms with E-state index in [1.54, 1.807) is 7.11 Å². The minimum atomic E-state index is -0.0867. The number of nitrogens with one attached hydrogen (secondary N) is 2. The van der Waals surface area contributed by atoms with Crippen LogP contribution in [0.25, 0.3) is 0 Å². The number of nitrogens with two attached hydrogens (primary N) is 1. The fraction of sp³-hybridized carbons (Fsp3) is 0.364. The van der Waals surface area contributed by atoms with Gasteiger partial charge in [-0.1, -0.05) is 12.1 Å². The van der Waals surface area contributed by atoms with Crippen molar-refractivity contribution in [2.24, 2.45) is 5.73 Å². The molecule has 0 fully saturated rings. The van der Waals surface area contributed by atoms with E-state index in [4.69, 9.17) is 10.5 Å². The molecule has 0 heterocycles. The maximum Gasteiger partial charge on any atom is 0.239 e. The largest absolute Gasteiger partial charge is 0.495 e. The molecule has 0 aromatic heterocycles. The van der Waals surface area contributed by atoms with Crippen molar-refractivity contribution < 1.29 is 9.53 Å². The summed E-state index contributed by atoms with van der Waals surface area (Å²) >= 11 is 0. The molecule has 0 bridgehead atoms. The van der Waals surface area contributed by atoms with Gasteiger partial charge in [0.1, 0.15) is 5.75 Å². The first-order valence-electron chi connectivity index (χ1n) is 5.11. The Hall–Kier alpha value is -1.17. The van der Waals surface area contributed by atoms with Crippen LogP contribution < -0.4 is 21.1 Å². The van der Waals surface area contributed by atoms with Crippen LogP contribution in [0.5, 0.6) is 5.75 Å². The summed E-state index contributed by atoms with van der Waals surface area (Å²) in [7, 11) is 1.59. The lowest BCUT2D eigenvalue weighted by Crippen LogP contribution is -2.33. The van der Waals surface area contributed by atoms with Crippen LogP contribution in [0.1, 0.15) is 0 Å². The highest BCUT2D eigenvalue weighted by Crippen LogP contribution is 2.22. The summed E-state index contributed by atoms with van der Waals surface area (Å²) in [5, 5.41) is 5.67. The maximum atomic E-state index is 11.3. The molecule has 1 aromatic rings. The molecule has 1 aromatic carbocycles. The molecule has 1 amide bonds. The standard InChI is InChI=1S/C11H17N3O2.2ClH/c1-16-10-5-3-2-4-9(10)14-8-11(15)13-7-6-12;;/h2-5,14H,6-8,12H2,1H3,(H,13,15);2*1H. The molecule has 0 saturated heterocycles. The first kappa shape index (κ1) is 19.2.